The molecule has 0 aliphatic heterocycles. The predicted octanol–water partition coefficient (Wildman–Crippen LogP) is 3.04. The van der Waals surface area contributed by atoms with E-state index in [4.69, 9.17) is 11.0 Å². The maximum absolute atomic E-state index is 9.22. The predicted molar refractivity (Wildman–Crippen MR) is 72.4 cm³/mol. The second-order valence-electron chi connectivity index (χ2n) is 3.88. The van der Waals surface area contributed by atoms with Crippen molar-refractivity contribution in [1.29, 1.82) is 5.26 Å². The van der Waals surface area contributed by atoms with Crippen LogP contribution in [0.25, 0.3) is 11.6 Å². The first-order chi connectivity index (χ1) is 8.69. The van der Waals surface area contributed by atoms with E-state index in [1.807, 2.05) is 12.1 Å². The topological polar surface area (TPSA) is 70.0 Å². The molecule has 0 aromatic heterocycles. The van der Waals surface area contributed by atoms with Crippen LogP contribution in [0.3, 0.4) is 0 Å². The van der Waals surface area contributed by atoms with E-state index in [-0.39, 0.29) is 5.75 Å². The summed E-state index contributed by atoms with van der Waals surface area (Å²) in [6, 6.07) is 16.0. The summed E-state index contributed by atoms with van der Waals surface area (Å²) < 4.78 is 0. The number of hydrogen-bond acceptors (Lipinski definition) is 3. The summed E-state index contributed by atoms with van der Waals surface area (Å²) in [6.45, 7) is 0. The summed E-state index contributed by atoms with van der Waals surface area (Å²) >= 11 is 0. The summed E-state index contributed by atoms with van der Waals surface area (Å²) in [7, 11) is 0. The van der Waals surface area contributed by atoms with Gasteiger partial charge in [-0.2, -0.15) is 5.26 Å². The van der Waals surface area contributed by atoms with E-state index < -0.39 is 0 Å². The van der Waals surface area contributed by atoms with Gasteiger partial charge in [-0.15, -0.1) is 0 Å². The lowest BCUT2D eigenvalue weighted by atomic mass is 10.0. The van der Waals surface area contributed by atoms with Crippen LogP contribution in [0.1, 0.15) is 11.1 Å². The molecule has 2 aromatic rings. The van der Waals surface area contributed by atoms with Crippen molar-refractivity contribution >= 4 is 17.3 Å². The van der Waals surface area contributed by atoms with Gasteiger partial charge in [0.25, 0.3) is 0 Å². The van der Waals surface area contributed by atoms with Crippen LogP contribution < -0.4 is 5.73 Å². The molecule has 0 atom stereocenters. The van der Waals surface area contributed by atoms with Crippen LogP contribution in [0.4, 0.5) is 5.69 Å². The Bertz CT molecular complexity index is 604. The van der Waals surface area contributed by atoms with Gasteiger partial charge in [-0.05, 0) is 53.6 Å². The van der Waals surface area contributed by atoms with Crippen molar-refractivity contribution in [3.8, 4) is 11.8 Å². The molecular weight excluding hydrogens is 224 g/mol. The molecule has 0 aliphatic carbocycles. The first-order valence-electron chi connectivity index (χ1n) is 5.46. The van der Waals surface area contributed by atoms with Gasteiger partial charge in [-0.25, -0.2) is 0 Å². The fourth-order valence-electron chi connectivity index (χ4n) is 1.58. The van der Waals surface area contributed by atoms with Crippen molar-refractivity contribution < 1.29 is 5.11 Å². The van der Waals surface area contributed by atoms with Gasteiger partial charge in [0, 0.05) is 5.69 Å². The fourth-order valence-corrected chi connectivity index (χ4v) is 1.58. The maximum Gasteiger partial charge on any atom is 0.115 e. The van der Waals surface area contributed by atoms with Gasteiger partial charge in [0.1, 0.15) is 5.75 Å². The SMILES string of the molecule is N#C/C(=C\c1ccc(N)cc1)c1ccc(O)cc1. The standard InChI is InChI=1S/C15H12N2O/c16-10-13(12-3-7-15(18)8-4-12)9-11-1-5-14(17)6-2-11/h1-9,18H,17H2/b13-9+. The molecule has 0 saturated carbocycles. The van der Waals surface area contributed by atoms with Crippen molar-refractivity contribution in [3.05, 3.63) is 59.7 Å². The smallest absolute Gasteiger partial charge is 0.115 e. The molecule has 0 aliphatic rings. The minimum atomic E-state index is 0.184. The Morgan fingerprint density at radius 1 is 1.06 bits per heavy atom. The number of phenolic OH excluding ortho intramolecular Hbond substituents is 1. The van der Waals surface area contributed by atoms with Crippen LogP contribution >= 0.6 is 0 Å². The van der Waals surface area contributed by atoms with Gasteiger partial charge in [0.05, 0.1) is 11.6 Å². The molecule has 0 saturated heterocycles. The normalized spacial score (nSPS) is 10.9. The van der Waals surface area contributed by atoms with Crippen LogP contribution in [0.5, 0.6) is 5.75 Å². The van der Waals surface area contributed by atoms with Gasteiger partial charge in [-0.1, -0.05) is 12.1 Å². The lowest BCUT2D eigenvalue weighted by Crippen LogP contribution is -1.84. The van der Waals surface area contributed by atoms with E-state index in [2.05, 4.69) is 6.07 Å². The average molecular weight is 236 g/mol. The molecule has 2 rings (SSSR count). The Kier molecular flexibility index (Phi) is 3.31. The lowest BCUT2D eigenvalue weighted by Gasteiger charge is -2.00. The van der Waals surface area contributed by atoms with Crippen LogP contribution in [0, 0.1) is 11.3 Å². The highest BCUT2D eigenvalue weighted by molar-refractivity contribution is 5.89. The number of nitriles is 1. The number of rotatable bonds is 2. The quantitative estimate of drug-likeness (QED) is 0.478. The zero-order valence-electron chi connectivity index (χ0n) is 9.67. The lowest BCUT2D eigenvalue weighted by molar-refractivity contribution is 0.475. The highest BCUT2D eigenvalue weighted by Crippen LogP contribution is 2.20. The molecule has 3 heteroatoms. The molecule has 0 spiro atoms. The number of allylic oxidation sites excluding steroid dienone is 1. The first-order valence-corrected chi connectivity index (χ1v) is 5.46. The Morgan fingerprint density at radius 3 is 2.22 bits per heavy atom. The van der Waals surface area contributed by atoms with E-state index in [1.165, 1.54) is 0 Å². The average Bonchev–Trinajstić information content (AvgIpc) is 2.39. The van der Waals surface area contributed by atoms with Crippen molar-refractivity contribution in [2.24, 2.45) is 0 Å². The number of benzene rings is 2. The van der Waals surface area contributed by atoms with E-state index >= 15 is 0 Å². The Labute approximate surface area is 105 Å². The van der Waals surface area contributed by atoms with E-state index in [1.54, 1.807) is 42.5 Å². The van der Waals surface area contributed by atoms with Gasteiger partial charge in [-0.3, -0.25) is 0 Å². The summed E-state index contributed by atoms with van der Waals surface area (Å²) in [5.41, 5.74) is 8.52. The molecule has 3 nitrogen and oxygen atoms in total. The van der Waals surface area contributed by atoms with Crippen molar-refractivity contribution in [3.63, 3.8) is 0 Å². The summed E-state index contributed by atoms with van der Waals surface area (Å²) in [4.78, 5) is 0. The number of nitrogens with two attached hydrogens (primary N) is 1. The second-order valence-corrected chi connectivity index (χ2v) is 3.88. The van der Waals surface area contributed by atoms with Crippen LogP contribution in [0.15, 0.2) is 48.5 Å². The molecule has 0 bridgehead atoms. The second kappa shape index (κ2) is 5.07. The molecule has 0 radical (unpaired) electrons. The molecule has 0 fully saturated rings. The Balaban J connectivity index is 2.37. The van der Waals surface area contributed by atoms with E-state index in [0.29, 0.717) is 11.3 Å². The minimum absolute atomic E-state index is 0.184. The fraction of sp³-hybridized carbons (Fsp3) is 0. The first kappa shape index (κ1) is 11.7. The number of hydrogen-bond donors (Lipinski definition) is 2. The highest BCUT2D eigenvalue weighted by atomic mass is 16.3. The molecule has 2 aromatic carbocycles. The monoisotopic (exact) mass is 236 g/mol. The molecule has 88 valence electrons. The minimum Gasteiger partial charge on any atom is -0.508 e. The maximum atomic E-state index is 9.22. The molecule has 0 unspecified atom stereocenters. The van der Waals surface area contributed by atoms with Crippen molar-refractivity contribution in [2.45, 2.75) is 0 Å². The van der Waals surface area contributed by atoms with Gasteiger partial charge in [0.15, 0.2) is 0 Å². The molecule has 3 N–H and O–H groups in total. The highest BCUT2D eigenvalue weighted by Gasteiger charge is 2.01. The molecule has 0 amide bonds. The Morgan fingerprint density at radius 2 is 1.67 bits per heavy atom. The third kappa shape index (κ3) is 2.69. The van der Waals surface area contributed by atoms with Gasteiger partial charge >= 0.3 is 0 Å². The van der Waals surface area contributed by atoms with Crippen LogP contribution in [-0.2, 0) is 0 Å². The Hall–Kier alpha value is -2.73. The van der Waals surface area contributed by atoms with Crippen molar-refractivity contribution in [2.75, 3.05) is 5.73 Å². The van der Waals surface area contributed by atoms with E-state index in [9.17, 15) is 5.11 Å². The van der Waals surface area contributed by atoms with Gasteiger partial charge in [0.2, 0.25) is 0 Å². The third-order valence-electron chi connectivity index (χ3n) is 2.55. The van der Waals surface area contributed by atoms with Crippen LogP contribution in [0.2, 0.25) is 0 Å². The molecule has 0 heterocycles. The van der Waals surface area contributed by atoms with Gasteiger partial charge < -0.3 is 10.8 Å². The van der Waals surface area contributed by atoms with Crippen LogP contribution in [-0.4, -0.2) is 5.11 Å². The largest absolute Gasteiger partial charge is 0.508 e. The number of nitrogen functional groups attached to an aromatic ring is 1. The number of aromatic hydroxyl groups is 1. The zero-order valence-corrected chi connectivity index (χ0v) is 9.67. The van der Waals surface area contributed by atoms with Crippen molar-refractivity contribution in [1.82, 2.24) is 0 Å². The molecule has 18 heavy (non-hydrogen) atoms. The number of nitrogens with zero attached hydrogens (tertiary/aromatic N) is 1. The summed E-state index contributed by atoms with van der Waals surface area (Å²) in [5.74, 6) is 0.184. The summed E-state index contributed by atoms with van der Waals surface area (Å²) in [5, 5.41) is 18.4. The zero-order chi connectivity index (χ0) is 13.0. The third-order valence-corrected chi connectivity index (χ3v) is 2.55. The summed E-state index contributed by atoms with van der Waals surface area (Å²) in [6.07, 6.45) is 1.78. The molecular formula is C15H12N2O. The number of phenols is 1. The van der Waals surface area contributed by atoms with E-state index in [0.717, 1.165) is 11.1 Å². The number of anilines is 1.